The molecule has 1 amide bonds. The number of alkyl carbamates (subject to hydrolysis) is 1. The van der Waals surface area contributed by atoms with Crippen LogP contribution in [0.5, 0.6) is 0 Å². The van der Waals surface area contributed by atoms with Crippen LogP contribution in [0.3, 0.4) is 0 Å². The molecule has 6 unspecified atom stereocenters. The van der Waals surface area contributed by atoms with E-state index in [0.29, 0.717) is 6.42 Å². The second-order valence-electron chi connectivity index (χ2n) is 16.6. The maximum Gasteiger partial charge on any atom is 0.408 e. The predicted molar refractivity (Wildman–Crippen MR) is 206 cm³/mol. The Balaban J connectivity index is 1.51. The number of amides is 1. The summed E-state index contributed by atoms with van der Waals surface area (Å²) in [6, 6.07) is 8.32. The van der Waals surface area contributed by atoms with E-state index in [-0.39, 0.29) is 37.2 Å². The highest BCUT2D eigenvalue weighted by atomic mass is 19.1. The number of aliphatic hydroxyl groups is 1. The first-order valence-electron chi connectivity index (χ1n) is 19.4. The predicted octanol–water partition coefficient (Wildman–Crippen LogP) is 5.20. The van der Waals surface area contributed by atoms with Gasteiger partial charge in [-0.05, 0) is 85.2 Å². The molecule has 3 aliphatic rings. The van der Waals surface area contributed by atoms with Crippen molar-refractivity contribution in [2.45, 2.75) is 134 Å². The molecule has 0 spiro atoms. The molecule has 2 aromatic rings. The average Bonchev–Trinajstić information content (AvgIpc) is 3.48. The SMILES string of the molecule is CO[C@]1(C)C[C@@H](C)C(=O)[C@H](C)C2NC(=O)O[C@]2(C)[C@@H](CC/C=C/c2cnc3ccccc3c2)OC(=O)[C@@](C)(F)C(=O)[C@H](C)C1OC1OC(C)CC(N(C)C)C1O. The number of pyridine rings is 1. The molecule has 0 radical (unpaired) electrons. The number of hydrogen-bond acceptors (Lipinski definition) is 12. The van der Waals surface area contributed by atoms with Gasteiger partial charge in [-0.25, -0.2) is 14.0 Å². The number of ketones is 2. The number of rotatable bonds is 8. The van der Waals surface area contributed by atoms with Crippen LogP contribution in [0.4, 0.5) is 9.18 Å². The van der Waals surface area contributed by atoms with Gasteiger partial charge in [-0.1, -0.05) is 51.1 Å². The number of likely N-dealkylation sites (N-methyl/N-ethyl adjacent to an activating group) is 1. The van der Waals surface area contributed by atoms with Crippen molar-refractivity contribution in [3.63, 3.8) is 0 Å². The van der Waals surface area contributed by atoms with Crippen LogP contribution in [0, 0.1) is 17.8 Å². The lowest BCUT2D eigenvalue weighted by Crippen LogP contribution is -2.61. The van der Waals surface area contributed by atoms with Gasteiger partial charge in [0.25, 0.3) is 5.67 Å². The minimum absolute atomic E-state index is 0.00598. The van der Waals surface area contributed by atoms with Gasteiger partial charge in [0.1, 0.15) is 18.0 Å². The zero-order valence-corrected chi connectivity index (χ0v) is 34.1. The quantitative estimate of drug-likeness (QED) is 0.266. The van der Waals surface area contributed by atoms with E-state index in [1.165, 1.54) is 14.0 Å². The van der Waals surface area contributed by atoms with Crippen molar-refractivity contribution in [2.24, 2.45) is 17.8 Å². The lowest BCUT2D eigenvalue weighted by Gasteiger charge is -2.47. The summed E-state index contributed by atoms with van der Waals surface area (Å²) in [4.78, 5) is 61.9. The third-order valence-corrected chi connectivity index (χ3v) is 12.1. The molecule has 0 aliphatic carbocycles. The number of carbonyl (C=O) groups is 4. The Hall–Kier alpha value is -3.82. The smallest absolute Gasteiger partial charge is 0.408 e. The lowest BCUT2D eigenvalue weighted by atomic mass is 9.73. The first-order valence-corrected chi connectivity index (χ1v) is 19.4. The fourth-order valence-electron chi connectivity index (χ4n) is 8.69. The van der Waals surface area contributed by atoms with Crippen LogP contribution < -0.4 is 5.32 Å². The fourth-order valence-corrected chi connectivity index (χ4v) is 8.69. The summed E-state index contributed by atoms with van der Waals surface area (Å²) in [6.45, 7) is 10.6. The summed E-state index contributed by atoms with van der Waals surface area (Å²) < 4.78 is 47.2. The molecular formula is C42H58FN3O10. The number of methoxy groups -OCH3 is 1. The average molecular weight is 784 g/mol. The summed E-state index contributed by atoms with van der Waals surface area (Å²) in [5.74, 6) is -5.89. The highest BCUT2D eigenvalue weighted by Gasteiger charge is 2.59. The van der Waals surface area contributed by atoms with Gasteiger partial charge in [0, 0.05) is 42.5 Å². The number of halogens is 1. The Morgan fingerprint density at radius 3 is 2.45 bits per heavy atom. The van der Waals surface area contributed by atoms with E-state index in [2.05, 4.69) is 10.3 Å². The molecule has 5 rings (SSSR count). The molecule has 13 nitrogen and oxygen atoms in total. The van der Waals surface area contributed by atoms with Gasteiger partial charge < -0.3 is 39.0 Å². The second kappa shape index (κ2) is 17.0. The van der Waals surface area contributed by atoms with Crippen LogP contribution in [-0.2, 0) is 38.1 Å². The number of carbonyl (C=O) groups excluding carboxylic acids is 4. The van der Waals surface area contributed by atoms with Crippen molar-refractivity contribution in [3.05, 3.63) is 48.2 Å². The van der Waals surface area contributed by atoms with E-state index in [4.69, 9.17) is 23.7 Å². The van der Waals surface area contributed by atoms with Crippen molar-refractivity contribution in [2.75, 3.05) is 21.2 Å². The van der Waals surface area contributed by atoms with Crippen LogP contribution in [0.25, 0.3) is 17.0 Å². The number of nitrogens with zero attached hydrogens (tertiary/aromatic N) is 2. The standard InChI is InChI=1S/C42H58FN3O10/c1-23-21-40(5,52-10)36(55-37-33(48)30(46(8)9)19-24(2)53-37)26(4)35(49)41(6,43)38(50)54-31(42(7)34(25(3)32(23)47)45-39(51)56-42)18-14-11-15-27-20-28-16-12-13-17-29(28)44-22-27/h11-13,15-17,20,22-26,30-31,33-34,36-37,48H,14,18-19,21H2,1-10H3,(H,45,51)/b15-11+/t23-,24?,25+,26+,30?,31-,33?,34?,36?,37?,40-,41+,42-/m1/s1. The maximum atomic E-state index is 17.0. The first-order chi connectivity index (χ1) is 26.2. The highest BCUT2D eigenvalue weighted by molar-refractivity contribution is 6.08. The Bertz CT molecular complexity index is 1800. The number of aliphatic hydroxyl groups excluding tert-OH is 1. The van der Waals surface area contributed by atoms with E-state index >= 15 is 4.39 Å². The number of esters is 1. The van der Waals surface area contributed by atoms with Crippen LogP contribution in [0.1, 0.15) is 79.7 Å². The van der Waals surface area contributed by atoms with Crippen LogP contribution in [-0.4, -0.2) is 119 Å². The van der Waals surface area contributed by atoms with E-state index in [9.17, 15) is 24.3 Å². The van der Waals surface area contributed by atoms with Gasteiger partial charge in [0.2, 0.25) is 0 Å². The molecule has 1 aromatic carbocycles. The van der Waals surface area contributed by atoms with Gasteiger partial charge in [-0.2, -0.15) is 0 Å². The molecule has 56 heavy (non-hydrogen) atoms. The van der Waals surface area contributed by atoms with Crippen LogP contribution in [0.15, 0.2) is 42.6 Å². The van der Waals surface area contributed by atoms with Gasteiger partial charge in [-0.15, -0.1) is 0 Å². The van der Waals surface area contributed by atoms with Crippen LogP contribution in [0.2, 0.25) is 0 Å². The molecule has 13 atom stereocenters. The zero-order valence-electron chi connectivity index (χ0n) is 34.1. The number of aromatic nitrogens is 1. The number of cyclic esters (lactones) is 1. The Kier molecular flexibility index (Phi) is 13.1. The molecule has 308 valence electrons. The van der Waals surface area contributed by atoms with Gasteiger partial charge in [-0.3, -0.25) is 14.6 Å². The normalized spacial score (nSPS) is 38.9. The van der Waals surface area contributed by atoms with Crippen molar-refractivity contribution in [3.8, 4) is 0 Å². The highest BCUT2D eigenvalue weighted by Crippen LogP contribution is 2.41. The zero-order chi connectivity index (χ0) is 41.3. The minimum Gasteiger partial charge on any atom is -0.455 e. The molecule has 0 saturated carbocycles. The van der Waals surface area contributed by atoms with Crippen molar-refractivity contribution >= 4 is 40.6 Å². The Labute approximate surface area is 328 Å². The van der Waals surface area contributed by atoms with Crippen molar-refractivity contribution < 1.29 is 52.4 Å². The van der Waals surface area contributed by atoms with E-state index < -0.39 is 83.1 Å². The minimum atomic E-state index is -3.20. The van der Waals surface area contributed by atoms with E-state index in [1.807, 2.05) is 68.4 Å². The third kappa shape index (κ3) is 8.69. The summed E-state index contributed by atoms with van der Waals surface area (Å²) in [6.07, 6.45) is 0.0794. The first kappa shape index (κ1) is 43.3. The number of ether oxygens (including phenoxy) is 5. The number of hydrogen-bond donors (Lipinski definition) is 2. The number of fused-ring (bicyclic) bond motifs is 2. The monoisotopic (exact) mass is 783 g/mol. The van der Waals surface area contributed by atoms with Crippen molar-refractivity contribution in [1.82, 2.24) is 15.2 Å². The number of benzene rings is 1. The molecule has 0 bridgehead atoms. The molecular weight excluding hydrogens is 725 g/mol. The van der Waals surface area contributed by atoms with Crippen molar-refractivity contribution in [1.29, 1.82) is 0 Å². The maximum absolute atomic E-state index is 17.0. The fraction of sp³-hybridized carbons (Fsp3) is 0.643. The van der Waals surface area contributed by atoms with Gasteiger partial charge in [0.15, 0.2) is 17.7 Å². The number of nitrogens with one attached hydrogen (secondary N) is 1. The molecule has 1 aromatic heterocycles. The number of alkyl halides is 1. The topological polar surface area (TPSA) is 163 Å². The third-order valence-electron chi connectivity index (χ3n) is 12.1. The Morgan fingerprint density at radius 1 is 1.07 bits per heavy atom. The molecule has 3 aliphatic heterocycles. The van der Waals surface area contributed by atoms with Gasteiger partial charge in [0.05, 0.1) is 29.4 Å². The molecule has 4 heterocycles. The van der Waals surface area contributed by atoms with Crippen LogP contribution >= 0.6 is 0 Å². The molecule has 3 saturated heterocycles. The second-order valence-corrected chi connectivity index (χ2v) is 16.6. The van der Waals surface area contributed by atoms with E-state index in [0.717, 1.165) is 23.4 Å². The number of Topliss-reactive ketones (excluding diaryl/α,β-unsaturated/α-hetero) is 2. The summed E-state index contributed by atoms with van der Waals surface area (Å²) in [7, 11) is 5.03. The van der Waals surface area contributed by atoms with E-state index in [1.54, 1.807) is 33.9 Å². The summed E-state index contributed by atoms with van der Waals surface area (Å²) in [5.41, 5.74) is -4.60. The number of para-hydroxylation sites is 1. The van der Waals surface area contributed by atoms with Gasteiger partial charge >= 0.3 is 12.1 Å². The molecule has 14 heteroatoms. The Morgan fingerprint density at radius 2 is 1.77 bits per heavy atom. The summed E-state index contributed by atoms with van der Waals surface area (Å²) in [5, 5.41) is 15.1. The molecule has 3 fully saturated rings. The lowest BCUT2D eigenvalue weighted by molar-refractivity contribution is -0.295. The molecule has 2 N–H and O–H groups in total. The largest absolute Gasteiger partial charge is 0.455 e. The number of allylic oxidation sites excluding steroid dienone is 1. The summed E-state index contributed by atoms with van der Waals surface area (Å²) >= 11 is 0.